The standard InChI is InChI=1S/C16H17ClF3N5O3/c1-6-23-15(14-12(26)11(21)13-10(27-14)5-22-28-13)25(24-6)9-4-7(17)2-3-8(9)16(18,19)20/h2-4,10-14,22,26H,5,21H2,1H3. The zero-order valence-electron chi connectivity index (χ0n) is 14.5. The van der Waals surface area contributed by atoms with E-state index in [0.29, 0.717) is 6.54 Å². The smallest absolute Gasteiger partial charge is 0.388 e. The summed E-state index contributed by atoms with van der Waals surface area (Å²) in [5.41, 5.74) is 7.45. The monoisotopic (exact) mass is 419 g/mol. The third kappa shape index (κ3) is 3.27. The molecular weight excluding hydrogens is 403 g/mol. The minimum absolute atomic E-state index is 0.00133. The van der Waals surface area contributed by atoms with Crippen molar-refractivity contribution in [3.63, 3.8) is 0 Å². The van der Waals surface area contributed by atoms with E-state index in [0.717, 1.165) is 22.9 Å². The van der Waals surface area contributed by atoms with E-state index in [4.69, 9.17) is 26.9 Å². The number of nitrogens with zero attached hydrogens (tertiary/aromatic N) is 3. The average molecular weight is 420 g/mol. The Morgan fingerprint density at radius 1 is 1.39 bits per heavy atom. The second-order valence-corrected chi connectivity index (χ2v) is 7.12. The van der Waals surface area contributed by atoms with Gasteiger partial charge in [0.15, 0.2) is 5.82 Å². The van der Waals surface area contributed by atoms with Crippen LogP contribution in [0.15, 0.2) is 18.2 Å². The van der Waals surface area contributed by atoms with Crippen LogP contribution in [0, 0.1) is 6.92 Å². The summed E-state index contributed by atoms with van der Waals surface area (Å²) in [7, 11) is 0. The van der Waals surface area contributed by atoms with Gasteiger partial charge in [-0.1, -0.05) is 11.6 Å². The fourth-order valence-electron chi connectivity index (χ4n) is 3.46. The molecule has 2 aliphatic rings. The van der Waals surface area contributed by atoms with Crippen molar-refractivity contribution in [3.8, 4) is 5.69 Å². The molecule has 2 aromatic rings. The fraction of sp³-hybridized carbons (Fsp3) is 0.500. The number of aryl methyl sites for hydroxylation is 1. The third-order valence-electron chi connectivity index (χ3n) is 4.76. The van der Waals surface area contributed by atoms with Gasteiger partial charge in [-0.15, -0.1) is 0 Å². The first-order valence-electron chi connectivity index (χ1n) is 8.45. The lowest BCUT2D eigenvalue weighted by molar-refractivity contribution is -0.170. The molecule has 0 saturated carbocycles. The van der Waals surface area contributed by atoms with Crippen LogP contribution < -0.4 is 11.2 Å². The van der Waals surface area contributed by atoms with Crippen LogP contribution in [0.4, 0.5) is 13.2 Å². The van der Waals surface area contributed by atoms with Gasteiger partial charge >= 0.3 is 6.18 Å². The molecule has 152 valence electrons. The van der Waals surface area contributed by atoms with Gasteiger partial charge in [0, 0.05) is 5.02 Å². The number of aliphatic hydroxyl groups excluding tert-OH is 1. The highest BCUT2D eigenvalue weighted by Gasteiger charge is 2.49. The van der Waals surface area contributed by atoms with E-state index < -0.39 is 42.2 Å². The molecule has 0 bridgehead atoms. The predicted octanol–water partition coefficient (Wildman–Crippen LogP) is 1.28. The van der Waals surface area contributed by atoms with Crippen LogP contribution in [0.1, 0.15) is 23.3 Å². The maximum atomic E-state index is 13.5. The van der Waals surface area contributed by atoms with Gasteiger partial charge in [0.25, 0.3) is 0 Å². The van der Waals surface area contributed by atoms with Crippen LogP contribution in [-0.4, -0.2) is 50.8 Å². The molecule has 5 atom stereocenters. The Labute approximate surface area is 162 Å². The van der Waals surface area contributed by atoms with Gasteiger partial charge in [0.1, 0.15) is 30.2 Å². The van der Waals surface area contributed by atoms with E-state index in [2.05, 4.69) is 15.6 Å². The van der Waals surface area contributed by atoms with E-state index in [1.165, 1.54) is 6.92 Å². The number of hydroxylamine groups is 1. The number of alkyl halides is 3. The molecule has 0 radical (unpaired) electrons. The molecular formula is C16H17ClF3N5O3. The van der Waals surface area contributed by atoms with Crippen LogP contribution in [0.3, 0.4) is 0 Å². The van der Waals surface area contributed by atoms with Gasteiger partial charge in [0.05, 0.1) is 23.8 Å². The molecule has 28 heavy (non-hydrogen) atoms. The molecule has 4 rings (SSSR count). The molecule has 8 nitrogen and oxygen atoms in total. The Hall–Kier alpha value is -1.76. The largest absolute Gasteiger partial charge is 0.418 e. The van der Waals surface area contributed by atoms with Gasteiger partial charge in [-0.05, 0) is 25.1 Å². The molecule has 3 heterocycles. The van der Waals surface area contributed by atoms with Crippen molar-refractivity contribution < 1.29 is 27.9 Å². The number of benzene rings is 1. The Balaban J connectivity index is 1.82. The summed E-state index contributed by atoms with van der Waals surface area (Å²) in [6.07, 6.45) is -8.08. The minimum atomic E-state index is -4.65. The molecule has 5 unspecified atom stereocenters. The first kappa shape index (κ1) is 19.6. The zero-order valence-corrected chi connectivity index (χ0v) is 15.3. The van der Waals surface area contributed by atoms with Crippen LogP contribution in [0.2, 0.25) is 5.02 Å². The Bertz CT molecular complexity index is 893. The van der Waals surface area contributed by atoms with Crippen molar-refractivity contribution in [2.45, 2.75) is 43.6 Å². The number of nitrogens with two attached hydrogens (primary N) is 1. The van der Waals surface area contributed by atoms with Crippen molar-refractivity contribution in [2.24, 2.45) is 5.73 Å². The van der Waals surface area contributed by atoms with Crippen LogP contribution in [0.25, 0.3) is 5.69 Å². The number of rotatable bonds is 2. The summed E-state index contributed by atoms with van der Waals surface area (Å²) < 4.78 is 47.4. The number of aromatic nitrogens is 3. The number of fused-ring (bicyclic) bond motifs is 1. The Kier molecular flexibility index (Phi) is 4.84. The molecule has 1 aromatic heterocycles. The van der Waals surface area contributed by atoms with Crippen molar-refractivity contribution in [1.29, 1.82) is 0 Å². The maximum absolute atomic E-state index is 13.5. The van der Waals surface area contributed by atoms with E-state index in [9.17, 15) is 18.3 Å². The number of halogens is 4. The lowest BCUT2D eigenvalue weighted by Crippen LogP contribution is -2.57. The summed E-state index contributed by atoms with van der Waals surface area (Å²) >= 11 is 5.93. The van der Waals surface area contributed by atoms with Crippen LogP contribution >= 0.6 is 11.6 Å². The van der Waals surface area contributed by atoms with Crippen molar-refractivity contribution in [2.75, 3.05) is 6.54 Å². The maximum Gasteiger partial charge on any atom is 0.418 e. The minimum Gasteiger partial charge on any atom is -0.388 e. The normalized spacial score (nSPS) is 30.5. The summed E-state index contributed by atoms with van der Waals surface area (Å²) in [4.78, 5) is 9.46. The highest BCUT2D eigenvalue weighted by atomic mass is 35.5. The Morgan fingerprint density at radius 2 is 2.14 bits per heavy atom. The van der Waals surface area contributed by atoms with E-state index in [1.54, 1.807) is 0 Å². The molecule has 4 N–H and O–H groups in total. The average Bonchev–Trinajstić information content (AvgIpc) is 3.23. The topological polar surface area (TPSA) is 107 Å². The summed E-state index contributed by atoms with van der Waals surface area (Å²) in [6, 6.07) is 2.32. The quantitative estimate of drug-likeness (QED) is 0.673. The number of hydrogen-bond donors (Lipinski definition) is 3. The summed E-state index contributed by atoms with van der Waals surface area (Å²) in [5.74, 6) is 0.203. The first-order valence-corrected chi connectivity index (χ1v) is 8.83. The number of ether oxygens (including phenoxy) is 1. The first-order chi connectivity index (χ1) is 13.2. The summed E-state index contributed by atoms with van der Waals surface area (Å²) in [5, 5.41) is 14.8. The molecule has 0 aliphatic carbocycles. The van der Waals surface area contributed by atoms with Crippen molar-refractivity contribution in [1.82, 2.24) is 20.2 Å². The molecule has 0 amide bonds. The van der Waals surface area contributed by atoms with Crippen molar-refractivity contribution >= 4 is 11.6 Å². The zero-order chi connectivity index (χ0) is 20.2. The second kappa shape index (κ2) is 6.94. The van der Waals surface area contributed by atoms with Crippen molar-refractivity contribution in [3.05, 3.63) is 40.4 Å². The van der Waals surface area contributed by atoms with Gasteiger partial charge < -0.3 is 15.6 Å². The number of nitrogens with one attached hydrogen (secondary N) is 1. The highest BCUT2D eigenvalue weighted by molar-refractivity contribution is 6.30. The lowest BCUT2D eigenvalue weighted by Gasteiger charge is -2.38. The fourth-order valence-corrected chi connectivity index (χ4v) is 3.63. The number of aliphatic hydroxyl groups is 1. The van der Waals surface area contributed by atoms with Gasteiger partial charge in [-0.3, -0.25) is 4.84 Å². The Morgan fingerprint density at radius 3 is 2.86 bits per heavy atom. The second-order valence-electron chi connectivity index (χ2n) is 6.68. The molecule has 2 aliphatic heterocycles. The molecule has 12 heteroatoms. The highest BCUT2D eigenvalue weighted by Crippen LogP contribution is 2.38. The van der Waals surface area contributed by atoms with Gasteiger partial charge in [-0.25, -0.2) is 9.67 Å². The molecule has 2 fully saturated rings. The summed E-state index contributed by atoms with van der Waals surface area (Å²) in [6.45, 7) is 1.84. The lowest BCUT2D eigenvalue weighted by atomic mass is 9.93. The third-order valence-corrected chi connectivity index (χ3v) is 5.00. The number of hydrogen-bond acceptors (Lipinski definition) is 7. The molecule has 0 spiro atoms. The van der Waals surface area contributed by atoms with E-state index >= 15 is 0 Å². The van der Waals surface area contributed by atoms with Crippen LogP contribution in [-0.2, 0) is 15.8 Å². The predicted molar refractivity (Wildman–Crippen MR) is 90.6 cm³/mol. The van der Waals surface area contributed by atoms with E-state index in [1.807, 2.05) is 0 Å². The SMILES string of the molecule is Cc1nc(C2OC3CNOC3C(N)C2O)n(-c2cc(Cl)ccc2C(F)(F)F)n1. The van der Waals surface area contributed by atoms with Gasteiger partial charge in [0.2, 0.25) is 0 Å². The van der Waals surface area contributed by atoms with E-state index in [-0.39, 0.29) is 22.4 Å². The molecule has 1 aromatic carbocycles. The molecule has 2 saturated heterocycles. The van der Waals surface area contributed by atoms with Gasteiger partial charge in [-0.2, -0.15) is 23.8 Å². The van der Waals surface area contributed by atoms with Crippen LogP contribution in [0.5, 0.6) is 0 Å².